The topological polar surface area (TPSA) is 87.2 Å². The lowest BCUT2D eigenvalue weighted by Gasteiger charge is -2.40. The van der Waals surface area contributed by atoms with Crippen molar-refractivity contribution in [3.05, 3.63) is 54.6 Å². The Balaban J connectivity index is 1.74. The molecule has 35 heavy (non-hydrogen) atoms. The molecule has 1 N–H and O–H groups in total. The van der Waals surface area contributed by atoms with E-state index in [9.17, 15) is 19.5 Å². The minimum Gasteiger partial charge on any atom is -0.465 e. The Hall–Kier alpha value is -2.29. The van der Waals surface area contributed by atoms with Gasteiger partial charge in [0.1, 0.15) is 6.04 Å². The van der Waals surface area contributed by atoms with E-state index in [0.717, 1.165) is 6.42 Å². The van der Waals surface area contributed by atoms with Gasteiger partial charge in [0.05, 0.1) is 29.8 Å². The molecule has 1 spiro atoms. The monoisotopic (exact) mass is 518 g/mol. The van der Waals surface area contributed by atoms with Crippen molar-refractivity contribution in [3.63, 3.8) is 0 Å². The smallest absolute Gasteiger partial charge is 0.310 e. The van der Waals surface area contributed by atoms with Crippen molar-refractivity contribution in [1.82, 2.24) is 4.90 Å². The zero-order valence-corrected chi connectivity index (χ0v) is 21.3. The number of anilines is 1. The van der Waals surface area contributed by atoms with Gasteiger partial charge < -0.3 is 19.6 Å². The van der Waals surface area contributed by atoms with Gasteiger partial charge in [0.25, 0.3) is 5.91 Å². The Morgan fingerprint density at radius 3 is 2.66 bits per heavy atom. The number of fused-ring (bicyclic) bond motifs is 1. The van der Waals surface area contributed by atoms with Crippen LogP contribution in [0.15, 0.2) is 49.6 Å². The van der Waals surface area contributed by atoms with Gasteiger partial charge >= 0.3 is 5.97 Å². The zero-order chi connectivity index (χ0) is 25.3. The highest BCUT2D eigenvalue weighted by molar-refractivity contribution is 8.02. The summed E-state index contributed by atoms with van der Waals surface area (Å²) in [5.41, 5.74) is 0.640. The third-order valence-electron chi connectivity index (χ3n) is 7.37. The van der Waals surface area contributed by atoms with E-state index in [1.165, 1.54) is 4.90 Å². The second-order valence-electron chi connectivity index (χ2n) is 9.27. The molecular weight excluding hydrogens is 488 g/mol. The molecule has 9 heteroatoms. The van der Waals surface area contributed by atoms with Crippen molar-refractivity contribution in [2.24, 2.45) is 17.8 Å². The number of aliphatic hydroxyl groups is 1. The van der Waals surface area contributed by atoms with Crippen LogP contribution in [0.3, 0.4) is 0 Å². The number of β-amino-alcohol motifs (C(OH)–C–C–N with tert-alkyl or cyclic N) is 1. The molecule has 7 nitrogen and oxygen atoms in total. The maximum atomic E-state index is 14.2. The molecule has 3 fully saturated rings. The number of thioether (sulfide) groups is 1. The lowest BCUT2D eigenvalue weighted by atomic mass is 9.66. The fourth-order valence-electron chi connectivity index (χ4n) is 5.97. The Kier molecular flexibility index (Phi) is 7.64. The molecule has 3 aliphatic heterocycles. The van der Waals surface area contributed by atoms with Crippen LogP contribution in [-0.4, -0.2) is 70.1 Å². The summed E-state index contributed by atoms with van der Waals surface area (Å²) in [6, 6.07) is 6.11. The number of benzene rings is 1. The van der Waals surface area contributed by atoms with E-state index in [2.05, 4.69) is 20.1 Å². The molecule has 1 aromatic carbocycles. The molecule has 3 heterocycles. The van der Waals surface area contributed by atoms with Gasteiger partial charge in [-0.2, -0.15) is 0 Å². The van der Waals surface area contributed by atoms with Gasteiger partial charge in [-0.3, -0.25) is 14.4 Å². The number of halogens is 1. The Morgan fingerprint density at radius 2 is 2.03 bits per heavy atom. The summed E-state index contributed by atoms with van der Waals surface area (Å²) >= 11 is 7.64. The van der Waals surface area contributed by atoms with E-state index < -0.39 is 28.6 Å². The molecular formula is C26H31ClN2O5S. The van der Waals surface area contributed by atoms with Crippen LogP contribution in [0.5, 0.6) is 0 Å². The summed E-state index contributed by atoms with van der Waals surface area (Å²) in [4.78, 5) is 44.2. The minimum absolute atomic E-state index is 0.0201. The number of rotatable bonds is 10. The number of hydrogen-bond donors (Lipinski definition) is 1. The van der Waals surface area contributed by atoms with E-state index in [4.69, 9.17) is 16.3 Å². The van der Waals surface area contributed by atoms with Crippen molar-refractivity contribution in [2.45, 2.75) is 35.8 Å². The third kappa shape index (κ3) is 4.19. The minimum atomic E-state index is -0.821. The molecule has 0 aliphatic carbocycles. The lowest BCUT2D eigenvalue weighted by molar-refractivity contribution is -0.154. The van der Waals surface area contributed by atoms with Crippen LogP contribution in [0.2, 0.25) is 5.02 Å². The largest absolute Gasteiger partial charge is 0.465 e. The van der Waals surface area contributed by atoms with Gasteiger partial charge in [0.2, 0.25) is 5.91 Å². The summed E-state index contributed by atoms with van der Waals surface area (Å²) in [6.07, 6.45) is 4.56. The molecule has 2 amide bonds. The molecule has 3 aliphatic rings. The maximum absolute atomic E-state index is 14.2. The Morgan fingerprint density at radius 1 is 1.31 bits per heavy atom. The van der Waals surface area contributed by atoms with E-state index in [-0.39, 0.29) is 49.3 Å². The average Bonchev–Trinajstić information content (AvgIpc) is 3.42. The van der Waals surface area contributed by atoms with Crippen LogP contribution in [-0.2, 0) is 19.1 Å². The van der Waals surface area contributed by atoms with E-state index in [0.29, 0.717) is 17.1 Å². The van der Waals surface area contributed by atoms with Gasteiger partial charge in [0, 0.05) is 29.0 Å². The maximum Gasteiger partial charge on any atom is 0.310 e. The molecule has 3 unspecified atom stereocenters. The first kappa shape index (κ1) is 25.8. The number of amides is 2. The summed E-state index contributed by atoms with van der Waals surface area (Å²) in [7, 11) is 0. The van der Waals surface area contributed by atoms with Gasteiger partial charge in [-0.1, -0.05) is 30.7 Å². The van der Waals surface area contributed by atoms with Crippen LogP contribution < -0.4 is 4.90 Å². The van der Waals surface area contributed by atoms with Crippen LogP contribution in [0.25, 0.3) is 0 Å². The highest BCUT2D eigenvalue weighted by Crippen LogP contribution is 2.68. The quantitative estimate of drug-likeness (QED) is 0.290. The number of nitrogens with zero attached hydrogens (tertiary/aromatic N) is 2. The van der Waals surface area contributed by atoms with Crippen molar-refractivity contribution < 1.29 is 24.2 Å². The highest BCUT2D eigenvalue weighted by atomic mass is 35.5. The number of likely N-dealkylation sites (tertiary alicyclic amines) is 1. The van der Waals surface area contributed by atoms with E-state index >= 15 is 0 Å². The third-order valence-corrected chi connectivity index (χ3v) is 9.70. The first-order valence-electron chi connectivity index (χ1n) is 11.9. The van der Waals surface area contributed by atoms with Gasteiger partial charge in [-0.15, -0.1) is 24.9 Å². The van der Waals surface area contributed by atoms with Crippen LogP contribution in [0.1, 0.15) is 19.8 Å². The molecule has 0 radical (unpaired) electrons. The number of carbonyl (C=O) groups excluding carboxylic acids is 3. The normalized spacial score (nSPS) is 30.8. The number of esters is 1. The Labute approximate surface area is 215 Å². The van der Waals surface area contributed by atoms with Gasteiger partial charge in [-0.25, -0.2) is 0 Å². The summed E-state index contributed by atoms with van der Waals surface area (Å²) in [5, 5.41) is 10.2. The first-order valence-corrected chi connectivity index (χ1v) is 13.1. The van der Waals surface area contributed by atoms with E-state index in [1.807, 2.05) is 0 Å². The first-order chi connectivity index (χ1) is 16.8. The summed E-state index contributed by atoms with van der Waals surface area (Å²) in [6.45, 7) is 9.71. The number of carbonyl (C=O) groups is 3. The van der Waals surface area contributed by atoms with Gasteiger partial charge in [-0.05, 0) is 43.0 Å². The Bertz CT molecular complexity index is 1020. The molecule has 6 atom stereocenters. The molecule has 0 aromatic heterocycles. The van der Waals surface area contributed by atoms with Crippen molar-refractivity contribution >= 4 is 46.8 Å². The number of hydrogen-bond acceptors (Lipinski definition) is 6. The molecule has 0 saturated carbocycles. The summed E-state index contributed by atoms with van der Waals surface area (Å²) in [5.74, 6) is -2.17. The van der Waals surface area contributed by atoms with Crippen molar-refractivity contribution in [2.75, 3.05) is 31.2 Å². The molecule has 4 rings (SSSR count). The standard InChI is InChI=1S/C26H31ClN2O5S/c1-4-6-14-34-25(33)20-19-15-16(3)26(35-19)21(20)23(31)29(12-13-30)22(26)24(32)28(11-5-2)18-9-7-17(27)8-10-18/h4-5,7-10,16,19-22,30H,1-2,6,11-15H2,3H3/t16?,19-,20+,21-,22?,26?/m0/s1. The van der Waals surface area contributed by atoms with Crippen LogP contribution in [0.4, 0.5) is 5.69 Å². The fourth-order valence-corrected chi connectivity index (χ4v) is 8.50. The van der Waals surface area contributed by atoms with Crippen molar-refractivity contribution in [3.8, 4) is 0 Å². The van der Waals surface area contributed by atoms with Crippen molar-refractivity contribution in [1.29, 1.82) is 0 Å². The second-order valence-corrected chi connectivity index (χ2v) is 11.3. The number of aliphatic hydroxyl groups excluding tert-OH is 1. The molecule has 188 valence electrons. The van der Waals surface area contributed by atoms with E-state index in [1.54, 1.807) is 53.1 Å². The molecule has 3 saturated heterocycles. The fraction of sp³-hybridized carbons (Fsp3) is 0.500. The average molecular weight is 519 g/mol. The SMILES string of the molecule is C=CCCOC(=O)[C@@H]1[C@@H]2CC(C)C3(S2)C(C(=O)N(CC=C)c2ccc(Cl)cc2)N(CCO)C(=O)[C@H]13. The number of ether oxygens (including phenoxy) is 1. The second kappa shape index (κ2) is 10.4. The van der Waals surface area contributed by atoms with Crippen LogP contribution >= 0.6 is 23.4 Å². The van der Waals surface area contributed by atoms with Gasteiger partial charge in [0.15, 0.2) is 0 Å². The van der Waals surface area contributed by atoms with Crippen LogP contribution in [0, 0.1) is 17.8 Å². The molecule has 1 aromatic rings. The zero-order valence-electron chi connectivity index (χ0n) is 19.8. The molecule has 2 bridgehead atoms. The highest BCUT2D eigenvalue weighted by Gasteiger charge is 2.76. The predicted octanol–water partition coefficient (Wildman–Crippen LogP) is 3.31. The summed E-state index contributed by atoms with van der Waals surface area (Å²) < 4.78 is 4.72. The lowest BCUT2D eigenvalue weighted by Crippen LogP contribution is -2.57. The predicted molar refractivity (Wildman–Crippen MR) is 137 cm³/mol.